The van der Waals surface area contributed by atoms with Crippen molar-refractivity contribution in [2.24, 2.45) is 0 Å². The fourth-order valence-electron chi connectivity index (χ4n) is 8.13. The minimum Gasteiger partial charge on any atom is -0.311 e. The molecule has 0 unspecified atom stereocenters. The first-order valence-corrected chi connectivity index (χ1v) is 17.0. The molecule has 0 saturated heterocycles. The number of allylic oxidation sites excluding steroid dienone is 12. The monoisotopic (exact) mass is 614 g/mol. The van der Waals surface area contributed by atoms with Crippen LogP contribution in [0.2, 0.25) is 0 Å². The van der Waals surface area contributed by atoms with Gasteiger partial charge >= 0.3 is 0 Å². The second kappa shape index (κ2) is 10.9. The minimum atomic E-state index is 1.03. The molecule has 228 valence electrons. The van der Waals surface area contributed by atoms with Gasteiger partial charge in [0, 0.05) is 33.5 Å². The summed E-state index contributed by atoms with van der Waals surface area (Å²) in [5.41, 5.74) is 18.4. The summed E-state index contributed by atoms with van der Waals surface area (Å²) in [5, 5.41) is 2.56. The lowest BCUT2D eigenvalue weighted by Gasteiger charge is -2.26. The van der Waals surface area contributed by atoms with Gasteiger partial charge in [0.15, 0.2) is 0 Å². The molecule has 0 atom stereocenters. The third kappa shape index (κ3) is 4.41. The molecule has 0 radical (unpaired) electrons. The van der Waals surface area contributed by atoms with Crippen molar-refractivity contribution in [3.05, 3.63) is 191 Å². The molecule has 10 rings (SSSR count). The molecular formula is C46H34N2. The Labute approximate surface area is 281 Å². The van der Waals surface area contributed by atoms with Gasteiger partial charge in [0.2, 0.25) is 0 Å². The predicted octanol–water partition coefficient (Wildman–Crippen LogP) is 12.3. The third-order valence-electron chi connectivity index (χ3n) is 10.5. The molecule has 2 nitrogen and oxygen atoms in total. The van der Waals surface area contributed by atoms with Crippen LogP contribution in [0.5, 0.6) is 0 Å². The summed E-state index contributed by atoms with van der Waals surface area (Å²) in [6.07, 6.45) is 18.1. The second-order valence-corrected chi connectivity index (χ2v) is 13.3. The Kier molecular flexibility index (Phi) is 6.17. The average Bonchev–Trinajstić information content (AvgIpc) is 3.96. The number of aromatic nitrogens is 1. The number of rotatable bonds is 6. The number of benzene rings is 5. The van der Waals surface area contributed by atoms with Crippen LogP contribution in [0.15, 0.2) is 180 Å². The number of fused-ring (bicyclic) bond motifs is 3. The summed E-state index contributed by atoms with van der Waals surface area (Å²) in [6, 6.07) is 44.8. The molecule has 1 heterocycles. The van der Waals surface area contributed by atoms with Crippen LogP contribution in [0.3, 0.4) is 0 Å². The topological polar surface area (TPSA) is 8.17 Å². The molecule has 5 aromatic carbocycles. The molecule has 0 amide bonds. The second-order valence-electron chi connectivity index (χ2n) is 13.3. The Morgan fingerprint density at radius 2 is 0.875 bits per heavy atom. The first-order valence-electron chi connectivity index (χ1n) is 17.0. The van der Waals surface area contributed by atoms with E-state index in [-0.39, 0.29) is 0 Å². The zero-order valence-electron chi connectivity index (χ0n) is 26.7. The van der Waals surface area contributed by atoms with Gasteiger partial charge in [-0.15, -0.1) is 0 Å². The van der Waals surface area contributed by atoms with Gasteiger partial charge in [0.1, 0.15) is 0 Å². The van der Waals surface area contributed by atoms with E-state index in [4.69, 9.17) is 0 Å². The summed E-state index contributed by atoms with van der Waals surface area (Å²) in [7, 11) is 0. The molecule has 0 bridgehead atoms. The Morgan fingerprint density at radius 3 is 1.33 bits per heavy atom. The Hall–Kier alpha value is -5.86. The molecule has 0 spiro atoms. The van der Waals surface area contributed by atoms with E-state index in [0.717, 1.165) is 48.4 Å². The largest absolute Gasteiger partial charge is 0.311 e. The molecule has 0 saturated carbocycles. The van der Waals surface area contributed by atoms with Gasteiger partial charge in [-0.05, 0) is 131 Å². The first-order chi connectivity index (χ1) is 23.8. The third-order valence-corrected chi connectivity index (χ3v) is 10.5. The van der Waals surface area contributed by atoms with Crippen molar-refractivity contribution in [1.29, 1.82) is 0 Å². The van der Waals surface area contributed by atoms with Crippen LogP contribution < -0.4 is 4.90 Å². The van der Waals surface area contributed by atoms with Crippen molar-refractivity contribution in [2.45, 2.75) is 25.7 Å². The van der Waals surface area contributed by atoms with Crippen LogP contribution in [0.25, 0.3) is 38.6 Å². The molecule has 2 heteroatoms. The highest BCUT2D eigenvalue weighted by Gasteiger charge is 2.21. The van der Waals surface area contributed by atoms with Gasteiger partial charge in [-0.1, -0.05) is 97.1 Å². The van der Waals surface area contributed by atoms with Crippen molar-refractivity contribution in [2.75, 3.05) is 4.90 Å². The normalized spacial score (nSPS) is 16.3. The highest BCUT2D eigenvalue weighted by molar-refractivity contribution is 6.09. The van der Waals surface area contributed by atoms with Gasteiger partial charge < -0.3 is 9.47 Å². The standard InChI is InChI=1S/C46H34N2/c1-3-13-45-43(11-1)44-12-2-4-14-46(44)48(45)42-25-23-41(24-26-42)47(39-19-15-31(16-20-39)37-27-33-7-5-8-34(33)28-37)40-21-17-32(18-22-40)38-29-35-9-6-10-36(35)30-38/h1-7,9,11-26,28,30H,8,10,27,29H2. The van der Waals surface area contributed by atoms with Crippen molar-refractivity contribution >= 4 is 50.0 Å². The Bertz CT molecular complexity index is 2300. The Morgan fingerprint density at radius 1 is 0.438 bits per heavy atom. The number of para-hydroxylation sites is 2. The van der Waals surface area contributed by atoms with E-state index in [1.165, 1.54) is 66.4 Å². The van der Waals surface area contributed by atoms with Gasteiger partial charge in [-0.3, -0.25) is 0 Å². The maximum absolute atomic E-state index is 2.40. The molecule has 4 aliphatic rings. The highest BCUT2D eigenvalue weighted by Crippen LogP contribution is 2.42. The van der Waals surface area contributed by atoms with E-state index in [2.05, 4.69) is 167 Å². The minimum absolute atomic E-state index is 1.03. The van der Waals surface area contributed by atoms with Crippen LogP contribution >= 0.6 is 0 Å². The molecule has 0 aliphatic heterocycles. The maximum Gasteiger partial charge on any atom is 0.0541 e. The Balaban J connectivity index is 1.02. The van der Waals surface area contributed by atoms with E-state index in [0.29, 0.717) is 0 Å². The average molecular weight is 615 g/mol. The van der Waals surface area contributed by atoms with Crippen LogP contribution in [0, 0.1) is 0 Å². The quantitative estimate of drug-likeness (QED) is 0.181. The fourth-order valence-corrected chi connectivity index (χ4v) is 8.13. The van der Waals surface area contributed by atoms with E-state index in [1.807, 2.05) is 0 Å². The van der Waals surface area contributed by atoms with Gasteiger partial charge in [0.25, 0.3) is 0 Å². The summed E-state index contributed by atoms with van der Waals surface area (Å²) in [4.78, 5) is 2.39. The summed E-state index contributed by atoms with van der Waals surface area (Å²) in [6.45, 7) is 0. The molecule has 0 N–H and O–H groups in total. The summed E-state index contributed by atoms with van der Waals surface area (Å²) < 4.78 is 2.38. The lowest BCUT2D eigenvalue weighted by Crippen LogP contribution is -2.10. The molecule has 4 aliphatic carbocycles. The van der Waals surface area contributed by atoms with E-state index in [1.54, 1.807) is 0 Å². The van der Waals surface area contributed by atoms with Gasteiger partial charge in [-0.2, -0.15) is 0 Å². The van der Waals surface area contributed by atoms with Crippen LogP contribution in [0.1, 0.15) is 36.8 Å². The summed E-state index contributed by atoms with van der Waals surface area (Å²) in [5.74, 6) is 0. The van der Waals surface area contributed by atoms with Crippen LogP contribution in [-0.4, -0.2) is 4.57 Å². The van der Waals surface area contributed by atoms with Crippen molar-refractivity contribution in [3.63, 3.8) is 0 Å². The molecule has 6 aromatic rings. The summed E-state index contributed by atoms with van der Waals surface area (Å²) >= 11 is 0. The fraction of sp³-hybridized carbons (Fsp3) is 0.0870. The van der Waals surface area contributed by atoms with Crippen LogP contribution in [-0.2, 0) is 0 Å². The number of anilines is 3. The lowest BCUT2D eigenvalue weighted by molar-refractivity contribution is 1.17. The molecular weight excluding hydrogens is 581 g/mol. The zero-order chi connectivity index (χ0) is 31.6. The predicted molar refractivity (Wildman–Crippen MR) is 202 cm³/mol. The van der Waals surface area contributed by atoms with E-state index < -0.39 is 0 Å². The lowest BCUT2D eigenvalue weighted by atomic mass is 10.0. The number of hydrogen-bond donors (Lipinski definition) is 0. The van der Waals surface area contributed by atoms with Crippen LogP contribution in [0.4, 0.5) is 17.1 Å². The van der Waals surface area contributed by atoms with Crippen molar-refractivity contribution < 1.29 is 0 Å². The first kappa shape index (κ1) is 27.3. The van der Waals surface area contributed by atoms with E-state index >= 15 is 0 Å². The van der Waals surface area contributed by atoms with Crippen molar-refractivity contribution in [1.82, 2.24) is 4.57 Å². The smallest absolute Gasteiger partial charge is 0.0541 e. The molecule has 48 heavy (non-hydrogen) atoms. The van der Waals surface area contributed by atoms with Crippen molar-refractivity contribution in [3.8, 4) is 5.69 Å². The van der Waals surface area contributed by atoms with Gasteiger partial charge in [0.05, 0.1) is 11.0 Å². The number of hydrogen-bond acceptors (Lipinski definition) is 1. The molecule has 0 fully saturated rings. The van der Waals surface area contributed by atoms with E-state index in [9.17, 15) is 0 Å². The van der Waals surface area contributed by atoms with Gasteiger partial charge in [-0.25, -0.2) is 0 Å². The zero-order valence-corrected chi connectivity index (χ0v) is 26.7. The molecule has 1 aromatic heterocycles. The number of nitrogens with zero attached hydrogens (tertiary/aromatic N) is 2. The highest BCUT2D eigenvalue weighted by atomic mass is 15.1. The maximum atomic E-state index is 2.40. The SMILES string of the molecule is C1=CC2=C(C=C(c3ccc(N(c4ccc(C5=CC6=C(C=CC6)C5)cc4)c4ccc(-n5c6ccccc6c6ccccc65)cc4)cc3)C2)C1.